The molecule has 2 aromatic heterocycles. The van der Waals surface area contributed by atoms with Gasteiger partial charge in [0.15, 0.2) is 0 Å². The van der Waals surface area contributed by atoms with Crippen molar-refractivity contribution in [2.75, 3.05) is 34.4 Å². The molecule has 0 fully saturated rings. The Morgan fingerprint density at radius 3 is 2.23 bits per heavy atom. The van der Waals surface area contributed by atoms with Gasteiger partial charge in [0.2, 0.25) is 11.9 Å². The molecule has 2 atom stereocenters. The fourth-order valence-electron chi connectivity index (χ4n) is 2.46. The van der Waals surface area contributed by atoms with E-state index < -0.39 is 6.10 Å². The van der Waals surface area contributed by atoms with E-state index in [1.54, 1.807) is 25.4 Å². The minimum atomic E-state index is -0.520. The normalized spacial score (nSPS) is 12.7. The molecule has 0 amide bonds. The van der Waals surface area contributed by atoms with E-state index in [9.17, 15) is 5.11 Å². The first-order chi connectivity index (χ1) is 14.9. The van der Waals surface area contributed by atoms with Crippen molar-refractivity contribution in [2.24, 2.45) is 0 Å². The first kappa shape index (κ1) is 22.7. The molecule has 0 bridgehead atoms. The number of nitrogens with one attached hydrogen (secondary N) is 4. The lowest BCUT2D eigenvalue weighted by atomic mass is 10.2. The number of rotatable bonds is 10. The Morgan fingerprint density at radius 1 is 0.968 bits per heavy atom. The van der Waals surface area contributed by atoms with Crippen molar-refractivity contribution in [3.8, 4) is 0 Å². The van der Waals surface area contributed by atoms with Crippen molar-refractivity contribution < 1.29 is 10.2 Å². The lowest BCUT2D eigenvalue weighted by molar-refractivity contribution is 0.177. The van der Waals surface area contributed by atoms with Crippen LogP contribution in [0.4, 0.5) is 34.9 Å². The summed E-state index contributed by atoms with van der Waals surface area (Å²) in [7, 11) is 0. The van der Waals surface area contributed by atoms with Gasteiger partial charge in [-0.3, -0.25) is 0 Å². The van der Waals surface area contributed by atoms with Crippen LogP contribution in [0, 0.1) is 0 Å². The Labute approximate surface area is 188 Å². The number of aliphatic hydroxyl groups excluding tert-OH is 2. The number of aromatic nitrogens is 4. The van der Waals surface area contributed by atoms with E-state index in [4.69, 9.17) is 5.11 Å². The molecule has 2 heterocycles. The SMILES string of the molecule is C[C@@H](O)[C@@H](C)Nc1nc(Nc2ccc(Nc3nccc(NCCO)n3)cc2)ncc1Br. The molecule has 0 aliphatic rings. The topological polar surface area (TPSA) is 140 Å². The molecule has 0 radical (unpaired) electrons. The van der Waals surface area contributed by atoms with Gasteiger partial charge in [0.05, 0.1) is 23.2 Å². The first-order valence-corrected chi connectivity index (χ1v) is 10.5. The minimum absolute atomic E-state index is 0.0282. The van der Waals surface area contributed by atoms with Crippen LogP contribution in [0.3, 0.4) is 0 Å². The number of anilines is 6. The summed E-state index contributed by atoms with van der Waals surface area (Å²) in [5.41, 5.74) is 1.62. The fraction of sp³-hybridized carbons (Fsp3) is 0.300. The van der Waals surface area contributed by atoms with Crippen LogP contribution in [-0.2, 0) is 0 Å². The third-order valence-corrected chi connectivity index (χ3v) is 4.88. The zero-order chi connectivity index (χ0) is 22.2. The predicted octanol–water partition coefficient (Wildman–Crippen LogP) is 3.10. The van der Waals surface area contributed by atoms with Crippen LogP contribution in [0.15, 0.2) is 47.2 Å². The molecule has 0 aliphatic heterocycles. The average molecular weight is 489 g/mol. The highest BCUT2D eigenvalue weighted by Gasteiger charge is 2.12. The van der Waals surface area contributed by atoms with Gasteiger partial charge in [0.1, 0.15) is 11.6 Å². The minimum Gasteiger partial charge on any atom is -0.395 e. The van der Waals surface area contributed by atoms with Crippen molar-refractivity contribution in [1.29, 1.82) is 0 Å². The van der Waals surface area contributed by atoms with Gasteiger partial charge in [-0.05, 0) is 60.1 Å². The van der Waals surface area contributed by atoms with Gasteiger partial charge in [-0.2, -0.15) is 9.97 Å². The van der Waals surface area contributed by atoms with Crippen LogP contribution in [0.2, 0.25) is 0 Å². The Morgan fingerprint density at radius 2 is 1.61 bits per heavy atom. The summed E-state index contributed by atoms with van der Waals surface area (Å²) in [4.78, 5) is 17.3. The Balaban J connectivity index is 1.64. The molecule has 11 heteroatoms. The third-order valence-electron chi connectivity index (χ3n) is 4.30. The van der Waals surface area contributed by atoms with Crippen molar-refractivity contribution in [3.63, 3.8) is 0 Å². The maximum atomic E-state index is 9.70. The van der Waals surface area contributed by atoms with Crippen LogP contribution in [0.25, 0.3) is 0 Å². The standard InChI is InChI=1S/C20H25BrN8O2/c1-12(13(2)31)25-18-16(21)11-24-20(29-18)27-15-5-3-14(4-6-15)26-19-23-8-7-17(28-19)22-9-10-30/h3-8,11-13,30-31H,9-10H2,1-2H3,(H2,22,23,26,28)(H2,24,25,27,29)/t12-,13-/m1/s1. The van der Waals surface area contributed by atoms with Crippen LogP contribution < -0.4 is 21.3 Å². The van der Waals surface area contributed by atoms with E-state index in [0.717, 1.165) is 11.4 Å². The molecule has 0 saturated heterocycles. The second-order valence-electron chi connectivity index (χ2n) is 6.81. The highest BCUT2D eigenvalue weighted by atomic mass is 79.9. The molecule has 3 rings (SSSR count). The van der Waals surface area contributed by atoms with E-state index in [2.05, 4.69) is 57.1 Å². The van der Waals surface area contributed by atoms with Gasteiger partial charge in [0, 0.05) is 30.3 Å². The van der Waals surface area contributed by atoms with E-state index >= 15 is 0 Å². The molecule has 0 aliphatic carbocycles. The summed E-state index contributed by atoms with van der Waals surface area (Å²) in [5.74, 6) is 2.10. The van der Waals surface area contributed by atoms with Crippen molar-refractivity contribution in [2.45, 2.75) is 26.0 Å². The van der Waals surface area contributed by atoms with Crippen molar-refractivity contribution >= 4 is 50.8 Å². The maximum absolute atomic E-state index is 9.70. The summed E-state index contributed by atoms with van der Waals surface area (Å²) in [6.45, 7) is 4.04. The molecule has 0 unspecified atom stereocenters. The summed E-state index contributed by atoms with van der Waals surface area (Å²) in [6, 6.07) is 9.10. The van der Waals surface area contributed by atoms with Gasteiger partial charge >= 0.3 is 0 Å². The molecular formula is C20H25BrN8O2. The summed E-state index contributed by atoms with van der Waals surface area (Å²) in [5, 5.41) is 31.0. The van der Waals surface area contributed by atoms with Gasteiger partial charge < -0.3 is 31.5 Å². The van der Waals surface area contributed by atoms with E-state index in [-0.39, 0.29) is 12.6 Å². The summed E-state index contributed by atoms with van der Waals surface area (Å²) in [6.07, 6.45) is 2.77. The molecule has 0 spiro atoms. The molecule has 0 saturated carbocycles. The number of halogens is 1. The quantitative estimate of drug-likeness (QED) is 0.252. The predicted molar refractivity (Wildman–Crippen MR) is 125 cm³/mol. The Bertz CT molecular complexity index is 987. The average Bonchev–Trinajstić information content (AvgIpc) is 2.76. The zero-order valence-corrected chi connectivity index (χ0v) is 18.8. The van der Waals surface area contributed by atoms with Crippen LogP contribution >= 0.6 is 15.9 Å². The molecule has 6 N–H and O–H groups in total. The second kappa shape index (κ2) is 10.8. The van der Waals surface area contributed by atoms with E-state index in [1.165, 1.54) is 0 Å². The molecule has 164 valence electrons. The number of nitrogens with zero attached hydrogens (tertiary/aromatic N) is 4. The van der Waals surface area contributed by atoms with Gasteiger partial charge in [-0.1, -0.05) is 0 Å². The number of hydrogen-bond donors (Lipinski definition) is 6. The molecule has 3 aromatic rings. The smallest absolute Gasteiger partial charge is 0.229 e. The van der Waals surface area contributed by atoms with Crippen LogP contribution in [-0.4, -0.2) is 55.4 Å². The largest absolute Gasteiger partial charge is 0.395 e. The monoisotopic (exact) mass is 488 g/mol. The van der Waals surface area contributed by atoms with Crippen LogP contribution in [0.5, 0.6) is 0 Å². The number of aliphatic hydroxyl groups is 2. The van der Waals surface area contributed by atoms with E-state index in [1.807, 2.05) is 31.2 Å². The Kier molecular flexibility index (Phi) is 7.93. The Hall–Kier alpha value is -3.02. The highest BCUT2D eigenvalue weighted by molar-refractivity contribution is 9.10. The first-order valence-electron chi connectivity index (χ1n) is 9.73. The van der Waals surface area contributed by atoms with Crippen LogP contribution in [0.1, 0.15) is 13.8 Å². The lowest BCUT2D eigenvalue weighted by Gasteiger charge is -2.18. The number of hydrogen-bond acceptors (Lipinski definition) is 10. The van der Waals surface area contributed by atoms with Gasteiger partial charge in [-0.25, -0.2) is 9.97 Å². The van der Waals surface area contributed by atoms with Gasteiger partial charge in [0.25, 0.3) is 0 Å². The fourth-order valence-corrected chi connectivity index (χ4v) is 2.77. The summed E-state index contributed by atoms with van der Waals surface area (Å²) >= 11 is 3.42. The molecule has 1 aromatic carbocycles. The summed E-state index contributed by atoms with van der Waals surface area (Å²) < 4.78 is 0.709. The second-order valence-corrected chi connectivity index (χ2v) is 7.66. The van der Waals surface area contributed by atoms with Crippen molar-refractivity contribution in [1.82, 2.24) is 19.9 Å². The zero-order valence-electron chi connectivity index (χ0n) is 17.2. The van der Waals surface area contributed by atoms with Crippen molar-refractivity contribution in [3.05, 3.63) is 47.2 Å². The highest BCUT2D eigenvalue weighted by Crippen LogP contribution is 2.24. The third kappa shape index (κ3) is 6.74. The molecular weight excluding hydrogens is 464 g/mol. The number of benzene rings is 1. The lowest BCUT2D eigenvalue weighted by Crippen LogP contribution is -2.28. The maximum Gasteiger partial charge on any atom is 0.229 e. The molecule has 10 nitrogen and oxygen atoms in total. The van der Waals surface area contributed by atoms with E-state index in [0.29, 0.717) is 34.5 Å². The molecule has 31 heavy (non-hydrogen) atoms. The van der Waals surface area contributed by atoms with Gasteiger partial charge in [-0.15, -0.1) is 0 Å².